The van der Waals surface area contributed by atoms with Gasteiger partial charge in [-0.05, 0) is 48.9 Å². The number of thiophene rings is 1. The fourth-order valence-corrected chi connectivity index (χ4v) is 6.74. The molecule has 6 aromatic rings. The minimum absolute atomic E-state index is 0.389. The van der Waals surface area contributed by atoms with Crippen molar-refractivity contribution in [3.8, 4) is 23.5 Å². The Labute approximate surface area is 248 Å². The van der Waals surface area contributed by atoms with Crippen molar-refractivity contribution in [1.29, 1.82) is 0 Å². The normalized spacial score (nSPS) is 17.2. The van der Waals surface area contributed by atoms with Crippen molar-refractivity contribution in [2.45, 2.75) is 12.6 Å². The molecule has 3 heterocycles. The number of allylic oxidation sites excluding steroid dienone is 2. The second-order valence-electron chi connectivity index (χ2n) is 10.1. The Morgan fingerprint density at radius 1 is 0.929 bits per heavy atom. The average Bonchev–Trinajstić information content (AvgIpc) is 3.64. The monoisotopic (exact) mass is 558 g/mol. The average molecular weight is 559 g/mol. The van der Waals surface area contributed by atoms with Gasteiger partial charge in [0.2, 0.25) is 5.66 Å². The van der Waals surface area contributed by atoms with Gasteiger partial charge in [-0.1, -0.05) is 84.8 Å². The summed E-state index contributed by atoms with van der Waals surface area (Å²) in [6.45, 7) is 1.92. The summed E-state index contributed by atoms with van der Waals surface area (Å²) in [4.78, 5) is 14.8. The highest BCUT2D eigenvalue weighted by Gasteiger charge is 2.50. The van der Waals surface area contributed by atoms with Gasteiger partial charge in [-0.25, -0.2) is 9.98 Å². The molecule has 1 atom stereocenters. The summed E-state index contributed by atoms with van der Waals surface area (Å²) in [7, 11) is 0. The maximum absolute atomic E-state index is 6.57. The topological polar surface area (TPSA) is 63.6 Å². The molecule has 4 aromatic carbocycles. The third kappa shape index (κ3) is 4.21. The van der Waals surface area contributed by atoms with E-state index in [1.54, 1.807) is 23.5 Å². The molecule has 7 rings (SSSR count). The van der Waals surface area contributed by atoms with Gasteiger partial charge in [-0.15, -0.1) is 17.8 Å². The number of para-hydroxylation sites is 1. The second kappa shape index (κ2) is 10.3. The van der Waals surface area contributed by atoms with Crippen LogP contribution in [0, 0.1) is 12.3 Å². The number of benzene rings is 4. The van der Waals surface area contributed by atoms with E-state index in [9.17, 15) is 0 Å². The van der Waals surface area contributed by atoms with Gasteiger partial charge in [0.25, 0.3) is 0 Å². The molecule has 4 nitrogen and oxygen atoms in total. The van der Waals surface area contributed by atoms with Crippen molar-refractivity contribution < 1.29 is 0 Å². The molecule has 42 heavy (non-hydrogen) atoms. The van der Waals surface area contributed by atoms with E-state index < -0.39 is 5.66 Å². The number of nitrogens with two attached hydrogens (primary N) is 1. The van der Waals surface area contributed by atoms with Gasteiger partial charge in [0.05, 0.1) is 5.52 Å². The number of hydrogen-bond donors (Lipinski definition) is 1. The Kier molecular flexibility index (Phi) is 6.27. The predicted octanol–water partition coefficient (Wildman–Crippen LogP) is 8.42. The molecule has 0 amide bonds. The van der Waals surface area contributed by atoms with Crippen LogP contribution in [-0.2, 0) is 5.66 Å². The largest absolute Gasteiger partial charge is 0.383 e. The Morgan fingerprint density at radius 3 is 2.57 bits per heavy atom. The van der Waals surface area contributed by atoms with E-state index in [2.05, 4.69) is 78.7 Å². The van der Waals surface area contributed by atoms with Gasteiger partial charge >= 0.3 is 0 Å². The Bertz CT molecular complexity index is 2170. The number of aliphatic imine (C=N–C) groups is 2. The van der Waals surface area contributed by atoms with Gasteiger partial charge in [-0.3, -0.25) is 4.98 Å². The molecule has 0 spiro atoms. The Hall–Kier alpha value is -5.31. The summed E-state index contributed by atoms with van der Waals surface area (Å²) in [6.07, 6.45) is 12.6. The van der Waals surface area contributed by atoms with Crippen molar-refractivity contribution in [2.75, 3.05) is 0 Å². The molecular weight excluding hydrogens is 533 g/mol. The van der Waals surface area contributed by atoms with Gasteiger partial charge < -0.3 is 5.73 Å². The van der Waals surface area contributed by atoms with Crippen LogP contribution in [0.4, 0.5) is 0 Å². The highest BCUT2D eigenvalue weighted by atomic mass is 32.1. The molecule has 0 aliphatic carbocycles. The molecule has 200 valence electrons. The molecule has 1 unspecified atom stereocenters. The molecule has 0 saturated heterocycles. The lowest BCUT2D eigenvalue weighted by Gasteiger charge is -2.14. The molecule has 0 radical (unpaired) electrons. The number of rotatable bonds is 6. The maximum atomic E-state index is 6.57. The standard InChI is InChI=1S/C37H26N4S/c1-3-5-12-24(4-2)36(38)41-37(27-15-7-6-8-16-27)35(40-37)29-18-10-19-32-33(29)30-23-26(20-21-31(30)42-32)28-17-9-13-25-14-11-22-39-34(25)28/h1,4-23H,2H3,(H2,38,41)/b12-5-,24-4+. The van der Waals surface area contributed by atoms with Crippen LogP contribution < -0.4 is 5.73 Å². The number of terminal acetylenes is 1. The number of nitrogens with zero attached hydrogens (tertiary/aromatic N) is 3. The molecule has 5 heteroatoms. The van der Waals surface area contributed by atoms with E-state index in [4.69, 9.17) is 27.1 Å². The third-order valence-corrected chi connectivity index (χ3v) is 8.81. The summed E-state index contributed by atoms with van der Waals surface area (Å²) >= 11 is 1.79. The third-order valence-electron chi connectivity index (χ3n) is 7.67. The molecule has 0 saturated carbocycles. The van der Waals surface area contributed by atoms with Crippen molar-refractivity contribution in [2.24, 2.45) is 15.7 Å². The van der Waals surface area contributed by atoms with Gasteiger partial charge in [-0.2, -0.15) is 0 Å². The summed E-state index contributed by atoms with van der Waals surface area (Å²) < 4.78 is 2.43. The highest BCUT2D eigenvalue weighted by Crippen LogP contribution is 2.48. The Balaban J connectivity index is 1.40. The van der Waals surface area contributed by atoms with Crippen molar-refractivity contribution in [3.63, 3.8) is 0 Å². The van der Waals surface area contributed by atoms with E-state index in [1.165, 1.54) is 20.2 Å². The first-order valence-electron chi connectivity index (χ1n) is 13.7. The van der Waals surface area contributed by atoms with E-state index in [0.29, 0.717) is 5.84 Å². The van der Waals surface area contributed by atoms with Gasteiger partial charge in [0, 0.05) is 54.0 Å². The first-order chi connectivity index (χ1) is 20.6. The number of hydrogen-bond acceptors (Lipinski definition) is 4. The molecule has 0 bridgehead atoms. The quantitative estimate of drug-likeness (QED) is 0.0965. The molecule has 0 fully saturated rings. The number of fused-ring (bicyclic) bond motifs is 4. The molecule has 1 aliphatic rings. The first-order valence-corrected chi connectivity index (χ1v) is 14.5. The molecule has 1 aliphatic heterocycles. The predicted molar refractivity (Wildman–Crippen MR) is 178 cm³/mol. The minimum atomic E-state index is -0.900. The van der Waals surface area contributed by atoms with Crippen LogP contribution in [0.15, 0.2) is 137 Å². The summed E-state index contributed by atoms with van der Waals surface area (Å²) in [5, 5.41) is 3.49. The number of amidine groups is 1. The van der Waals surface area contributed by atoms with Gasteiger partial charge in [0.15, 0.2) is 0 Å². The van der Waals surface area contributed by atoms with E-state index in [1.807, 2.05) is 43.5 Å². The first kappa shape index (κ1) is 25.6. The van der Waals surface area contributed by atoms with Crippen LogP contribution >= 0.6 is 11.3 Å². The maximum Gasteiger partial charge on any atom is 0.221 e. The zero-order valence-corrected chi connectivity index (χ0v) is 23.8. The zero-order chi connectivity index (χ0) is 28.7. The summed E-state index contributed by atoms with van der Waals surface area (Å²) in [5.74, 6) is 2.92. The minimum Gasteiger partial charge on any atom is -0.383 e. The van der Waals surface area contributed by atoms with Crippen LogP contribution in [0.25, 0.3) is 42.2 Å². The van der Waals surface area contributed by atoms with Crippen LogP contribution in [0.2, 0.25) is 0 Å². The Morgan fingerprint density at radius 2 is 1.74 bits per heavy atom. The van der Waals surface area contributed by atoms with Crippen molar-refractivity contribution >= 4 is 54.0 Å². The fraction of sp³-hybridized carbons (Fsp3) is 0.0541. The van der Waals surface area contributed by atoms with Crippen LogP contribution in [0.3, 0.4) is 0 Å². The lowest BCUT2D eigenvalue weighted by atomic mass is 9.94. The summed E-state index contributed by atoms with van der Waals surface area (Å²) in [5.41, 5.74) is 12.6. The smallest absolute Gasteiger partial charge is 0.221 e. The molecular formula is C37H26N4S. The van der Waals surface area contributed by atoms with Crippen LogP contribution in [0.1, 0.15) is 18.1 Å². The fourth-order valence-electron chi connectivity index (χ4n) is 5.63. The van der Waals surface area contributed by atoms with Gasteiger partial charge in [0.1, 0.15) is 11.5 Å². The zero-order valence-electron chi connectivity index (χ0n) is 23.0. The van der Waals surface area contributed by atoms with Crippen molar-refractivity contribution in [1.82, 2.24) is 4.98 Å². The highest BCUT2D eigenvalue weighted by molar-refractivity contribution is 7.25. The van der Waals surface area contributed by atoms with Crippen LogP contribution in [0.5, 0.6) is 0 Å². The SMILES string of the molecule is C#C\C=C/C(=C\C)C(/N)=N/C1(c2ccccc2)N=C1c1cccc2sc3ccc(-c4cccc5cccnc45)cc3c12. The van der Waals surface area contributed by atoms with E-state index in [-0.39, 0.29) is 0 Å². The molecule has 2 N–H and O–H groups in total. The van der Waals surface area contributed by atoms with Crippen LogP contribution in [-0.4, -0.2) is 16.5 Å². The van der Waals surface area contributed by atoms with Crippen molar-refractivity contribution in [3.05, 3.63) is 138 Å². The lowest BCUT2D eigenvalue weighted by Crippen LogP contribution is -2.23. The molecule has 2 aromatic heterocycles. The van der Waals surface area contributed by atoms with E-state index >= 15 is 0 Å². The number of pyridine rings is 1. The second-order valence-corrected chi connectivity index (χ2v) is 11.2. The van der Waals surface area contributed by atoms with E-state index in [0.717, 1.165) is 44.4 Å². The number of aromatic nitrogens is 1. The lowest BCUT2D eigenvalue weighted by molar-refractivity contribution is 0.759. The summed E-state index contributed by atoms with van der Waals surface area (Å²) in [6, 6.07) is 33.6.